The van der Waals surface area contributed by atoms with Crippen LogP contribution in [-0.2, 0) is 29.0 Å². The van der Waals surface area contributed by atoms with Crippen molar-refractivity contribution in [2.75, 3.05) is 44.7 Å². The molecule has 0 N–H and O–H groups in total. The van der Waals surface area contributed by atoms with Gasteiger partial charge in [0, 0.05) is 51.0 Å². The van der Waals surface area contributed by atoms with E-state index in [1.807, 2.05) is 40.0 Å². The molecule has 2 amide bonds. The predicted molar refractivity (Wildman–Crippen MR) is 169 cm³/mol. The van der Waals surface area contributed by atoms with Gasteiger partial charge in [0.05, 0.1) is 0 Å². The van der Waals surface area contributed by atoms with Crippen LogP contribution in [0.5, 0.6) is 0 Å². The lowest BCUT2D eigenvalue weighted by molar-refractivity contribution is -0.107. The lowest BCUT2D eigenvalue weighted by atomic mass is 10.1. The number of aryl methyl sites for hydroxylation is 1. The summed E-state index contributed by atoms with van der Waals surface area (Å²) in [6.07, 6.45) is 2.61. The molecule has 4 rings (SSSR count). The normalized spacial score (nSPS) is 15.9. The standard InChI is InChI=1S/C35H46N4O3/c1-35(2,3)42-34(41)38-23-22-36(4)33(26-38)27-39(28-40)32-19-17-29(18-20-32)16-11-21-37(24-30-12-7-5-8-13-30)25-31-14-9-6-10-15-31/h5-10,12-15,17-20,28,33H,11,16,21-27H2,1-4H3. The Labute approximate surface area is 251 Å². The first-order valence-corrected chi connectivity index (χ1v) is 15.0. The highest BCUT2D eigenvalue weighted by molar-refractivity contribution is 5.75. The molecule has 0 spiro atoms. The number of likely N-dealkylation sites (N-methyl/N-ethyl adjacent to an activating group) is 1. The summed E-state index contributed by atoms with van der Waals surface area (Å²) in [5, 5.41) is 0. The van der Waals surface area contributed by atoms with Gasteiger partial charge in [0.25, 0.3) is 0 Å². The monoisotopic (exact) mass is 570 g/mol. The number of hydrogen-bond acceptors (Lipinski definition) is 5. The lowest BCUT2D eigenvalue weighted by Crippen LogP contribution is -2.57. The number of benzene rings is 3. The Morgan fingerprint density at radius 3 is 2.02 bits per heavy atom. The third-order valence-electron chi connectivity index (χ3n) is 7.67. The highest BCUT2D eigenvalue weighted by Crippen LogP contribution is 2.20. The largest absolute Gasteiger partial charge is 0.444 e. The molecule has 0 aromatic heterocycles. The van der Waals surface area contributed by atoms with Crippen LogP contribution in [0, 0.1) is 0 Å². The van der Waals surface area contributed by atoms with E-state index in [1.165, 1.54) is 16.7 Å². The summed E-state index contributed by atoms with van der Waals surface area (Å²) in [4.78, 5) is 33.0. The Kier molecular flexibility index (Phi) is 11.2. The molecule has 1 aliphatic rings. The van der Waals surface area contributed by atoms with Crippen molar-refractivity contribution in [2.24, 2.45) is 0 Å². The summed E-state index contributed by atoms with van der Waals surface area (Å²) in [6, 6.07) is 29.6. The smallest absolute Gasteiger partial charge is 0.410 e. The molecule has 1 unspecified atom stereocenters. The van der Waals surface area contributed by atoms with E-state index in [-0.39, 0.29) is 12.1 Å². The van der Waals surface area contributed by atoms with Crippen LogP contribution in [0.2, 0.25) is 0 Å². The van der Waals surface area contributed by atoms with E-state index in [2.05, 4.69) is 82.6 Å². The molecule has 3 aromatic rings. The summed E-state index contributed by atoms with van der Waals surface area (Å²) in [6.45, 7) is 10.9. The van der Waals surface area contributed by atoms with E-state index < -0.39 is 5.60 Å². The molecule has 0 radical (unpaired) electrons. The first-order valence-electron chi connectivity index (χ1n) is 15.0. The molecule has 42 heavy (non-hydrogen) atoms. The van der Waals surface area contributed by atoms with Gasteiger partial charge < -0.3 is 14.5 Å². The number of ether oxygens (including phenoxy) is 1. The number of piperazine rings is 1. The van der Waals surface area contributed by atoms with Gasteiger partial charge in [-0.25, -0.2) is 4.79 Å². The average molecular weight is 571 g/mol. The minimum Gasteiger partial charge on any atom is -0.444 e. The molecular weight excluding hydrogens is 524 g/mol. The summed E-state index contributed by atoms with van der Waals surface area (Å²) in [5.41, 5.74) is 4.24. The highest BCUT2D eigenvalue weighted by atomic mass is 16.6. The summed E-state index contributed by atoms with van der Waals surface area (Å²) in [7, 11) is 2.04. The van der Waals surface area contributed by atoms with Gasteiger partial charge in [0.1, 0.15) is 5.60 Å². The molecule has 3 aromatic carbocycles. The number of hydrogen-bond donors (Lipinski definition) is 0. The van der Waals surface area contributed by atoms with Gasteiger partial charge >= 0.3 is 6.09 Å². The van der Waals surface area contributed by atoms with Crippen LogP contribution >= 0.6 is 0 Å². The second-order valence-electron chi connectivity index (χ2n) is 12.3. The fourth-order valence-corrected chi connectivity index (χ4v) is 5.33. The lowest BCUT2D eigenvalue weighted by Gasteiger charge is -2.41. The second-order valence-corrected chi connectivity index (χ2v) is 12.3. The maximum absolute atomic E-state index is 12.6. The van der Waals surface area contributed by atoms with Crippen molar-refractivity contribution in [1.29, 1.82) is 0 Å². The molecule has 0 aliphatic carbocycles. The fourth-order valence-electron chi connectivity index (χ4n) is 5.33. The van der Waals surface area contributed by atoms with E-state index in [0.29, 0.717) is 19.6 Å². The molecule has 0 bridgehead atoms. The maximum Gasteiger partial charge on any atom is 0.410 e. The zero-order valence-corrected chi connectivity index (χ0v) is 25.6. The number of anilines is 1. The zero-order valence-electron chi connectivity index (χ0n) is 25.6. The molecule has 7 heteroatoms. The Morgan fingerprint density at radius 2 is 1.48 bits per heavy atom. The van der Waals surface area contributed by atoms with Crippen molar-refractivity contribution in [3.63, 3.8) is 0 Å². The van der Waals surface area contributed by atoms with Crippen LogP contribution in [0.3, 0.4) is 0 Å². The van der Waals surface area contributed by atoms with E-state index in [9.17, 15) is 9.59 Å². The van der Waals surface area contributed by atoms with Crippen LogP contribution in [0.1, 0.15) is 43.9 Å². The van der Waals surface area contributed by atoms with Crippen LogP contribution in [0.15, 0.2) is 84.9 Å². The van der Waals surface area contributed by atoms with Crippen LogP contribution in [-0.4, -0.2) is 78.6 Å². The van der Waals surface area contributed by atoms with Crippen molar-refractivity contribution in [2.45, 2.75) is 58.3 Å². The van der Waals surface area contributed by atoms with Crippen LogP contribution in [0.25, 0.3) is 0 Å². The van der Waals surface area contributed by atoms with Crippen molar-refractivity contribution in [1.82, 2.24) is 14.7 Å². The number of amides is 2. The quantitative estimate of drug-likeness (QED) is 0.256. The Morgan fingerprint density at radius 1 is 0.881 bits per heavy atom. The summed E-state index contributed by atoms with van der Waals surface area (Å²) < 4.78 is 5.58. The Bertz CT molecular complexity index is 1200. The van der Waals surface area contributed by atoms with Crippen molar-refractivity contribution in [3.8, 4) is 0 Å². The third kappa shape index (κ3) is 9.71. The van der Waals surface area contributed by atoms with Gasteiger partial charge in [0.2, 0.25) is 6.41 Å². The van der Waals surface area contributed by atoms with Gasteiger partial charge in [-0.1, -0.05) is 72.8 Å². The van der Waals surface area contributed by atoms with Gasteiger partial charge in [-0.05, 0) is 76.0 Å². The van der Waals surface area contributed by atoms with Crippen molar-refractivity contribution < 1.29 is 14.3 Å². The molecular formula is C35H46N4O3. The first-order chi connectivity index (χ1) is 20.2. The molecule has 1 aliphatic heterocycles. The fraction of sp³-hybridized carbons (Fsp3) is 0.429. The van der Waals surface area contributed by atoms with Gasteiger partial charge in [0.15, 0.2) is 0 Å². The molecule has 7 nitrogen and oxygen atoms in total. The number of carbonyl (C=O) groups is 2. The molecule has 224 valence electrons. The predicted octanol–water partition coefficient (Wildman–Crippen LogP) is 5.84. The molecule has 1 fully saturated rings. The van der Waals surface area contributed by atoms with Crippen LogP contribution in [0.4, 0.5) is 10.5 Å². The van der Waals surface area contributed by atoms with Gasteiger partial charge in [-0.3, -0.25) is 14.6 Å². The van der Waals surface area contributed by atoms with Gasteiger partial charge in [-0.2, -0.15) is 0 Å². The minimum absolute atomic E-state index is 0.0244. The first kappa shape index (κ1) is 31.3. The summed E-state index contributed by atoms with van der Waals surface area (Å²) >= 11 is 0. The third-order valence-corrected chi connectivity index (χ3v) is 7.67. The molecule has 1 saturated heterocycles. The second kappa shape index (κ2) is 15.0. The number of rotatable bonds is 12. The average Bonchev–Trinajstić information content (AvgIpc) is 2.97. The molecule has 1 atom stereocenters. The Balaban J connectivity index is 1.31. The van der Waals surface area contributed by atoms with Crippen LogP contribution < -0.4 is 4.90 Å². The van der Waals surface area contributed by atoms with Gasteiger partial charge in [-0.15, -0.1) is 0 Å². The van der Waals surface area contributed by atoms with Crippen molar-refractivity contribution >= 4 is 18.2 Å². The zero-order chi connectivity index (χ0) is 30.0. The number of carbonyl (C=O) groups excluding carboxylic acids is 2. The van der Waals surface area contributed by atoms with E-state index in [1.54, 1.807) is 9.80 Å². The molecule has 1 heterocycles. The van der Waals surface area contributed by atoms with Crippen molar-refractivity contribution in [3.05, 3.63) is 102 Å². The van der Waals surface area contributed by atoms with E-state index >= 15 is 0 Å². The maximum atomic E-state index is 12.6. The Hall–Kier alpha value is -3.68. The SMILES string of the molecule is CN1CCN(C(=O)OC(C)(C)C)CC1CN(C=O)c1ccc(CCCN(Cc2ccccc2)Cc2ccccc2)cc1. The summed E-state index contributed by atoms with van der Waals surface area (Å²) in [5.74, 6) is 0. The molecule has 0 saturated carbocycles. The highest BCUT2D eigenvalue weighted by Gasteiger charge is 2.31. The topological polar surface area (TPSA) is 56.3 Å². The van der Waals surface area contributed by atoms with E-state index in [0.717, 1.165) is 51.1 Å². The minimum atomic E-state index is -0.533. The van der Waals surface area contributed by atoms with E-state index in [4.69, 9.17) is 4.74 Å². The number of nitrogens with zero attached hydrogens (tertiary/aromatic N) is 4.